The summed E-state index contributed by atoms with van der Waals surface area (Å²) in [5.41, 5.74) is 8.47. The van der Waals surface area contributed by atoms with Crippen LogP contribution in [0.4, 0.5) is 0 Å². The number of pyridine rings is 1. The highest BCUT2D eigenvalue weighted by molar-refractivity contribution is 7.92. The first-order chi connectivity index (χ1) is 13.8. The molecule has 2 aromatic heterocycles. The lowest BCUT2D eigenvalue weighted by Crippen LogP contribution is -2.44. The van der Waals surface area contributed by atoms with E-state index < -0.39 is 21.2 Å². The number of rotatable bonds is 4. The Morgan fingerprint density at radius 2 is 1.76 bits per heavy atom. The number of fused-ring (bicyclic) bond motifs is 1. The standard InChI is InChI=1S/C21H26N4O3S/c1-13(2)21-24-23-20-10-5-15(12-25(20)21)14-3-6-16(7-4-14)29(27,28)17-8-9-18(22)19(26)11-17/h3-7,10,12-13,17-19,26H,8-9,11,22H2,1-2H3/t17-,18-,19-/m1/s1. The smallest absolute Gasteiger partial charge is 0.181 e. The van der Waals surface area contributed by atoms with E-state index in [4.69, 9.17) is 5.73 Å². The van der Waals surface area contributed by atoms with Crippen molar-refractivity contribution in [2.75, 3.05) is 0 Å². The van der Waals surface area contributed by atoms with Gasteiger partial charge in [-0.25, -0.2) is 8.42 Å². The van der Waals surface area contributed by atoms with Gasteiger partial charge in [0.2, 0.25) is 0 Å². The van der Waals surface area contributed by atoms with Crippen LogP contribution in [0.15, 0.2) is 47.5 Å². The van der Waals surface area contributed by atoms with E-state index in [1.807, 2.05) is 34.9 Å². The Morgan fingerprint density at radius 3 is 2.41 bits per heavy atom. The van der Waals surface area contributed by atoms with Crippen molar-refractivity contribution in [2.24, 2.45) is 5.73 Å². The molecule has 4 rings (SSSR count). The Kier molecular flexibility index (Phi) is 5.18. The van der Waals surface area contributed by atoms with Crippen molar-refractivity contribution < 1.29 is 13.5 Å². The molecule has 3 N–H and O–H groups in total. The SMILES string of the molecule is CC(C)c1nnc2ccc(-c3ccc(S(=O)(=O)[C@@H]4CC[C@@H](N)[C@H](O)C4)cc3)cn12. The Morgan fingerprint density at radius 1 is 1.07 bits per heavy atom. The molecule has 3 aromatic rings. The maximum Gasteiger partial charge on any atom is 0.181 e. The summed E-state index contributed by atoms with van der Waals surface area (Å²) in [5, 5.41) is 17.8. The highest BCUT2D eigenvalue weighted by atomic mass is 32.2. The lowest BCUT2D eigenvalue weighted by molar-refractivity contribution is 0.110. The zero-order chi connectivity index (χ0) is 20.8. The van der Waals surface area contributed by atoms with Crippen LogP contribution < -0.4 is 5.73 Å². The van der Waals surface area contributed by atoms with Gasteiger partial charge in [0.25, 0.3) is 0 Å². The summed E-state index contributed by atoms with van der Waals surface area (Å²) < 4.78 is 27.9. The van der Waals surface area contributed by atoms with Crippen molar-refractivity contribution in [2.45, 2.75) is 61.3 Å². The maximum atomic E-state index is 13.0. The molecule has 0 spiro atoms. The average molecular weight is 415 g/mol. The molecule has 2 heterocycles. The number of hydrogen-bond donors (Lipinski definition) is 2. The number of aliphatic hydroxyl groups is 1. The predicted molar refractivity (Wildman–Crippen MR) is 111 cm³/mol. The molecular weight excluding hydrogens is 388 g/mol. The van der Waals surface area contributed by atoms with Crippen LogP contribution in [0.5, 0.6) is 0 Å². The van der Waals surface area contributed by atoms with E-state index in [-0.39, 0.29) is 23.3 Å². The normalized spacial score (nSPS) is 23.0. The molecule has 7 nitrogen and oxygen atoms in total. The Balaban J connectivity index is 1.62. The number of sulfone groups is 1. The van der Waals surface area contributed by atoms with Gasteiger partial charge in [0.15, 0.2) is 15.5 Å². The first-order valence-corrected chi connectivity index (χ1v) is 11.4. The van der Waals surface area contributed by atoms with Crippen molar-refractivity contribution >= 4 is 15.5 Å². The molecular formula is C21H26N4O3S. The molecule has 3 atom stereocenters. The van der Waals surface area contributed by atoms with Gasteiger partial charge in [0, 0.05) is 18.2 Å². The Bertz CT molecular complexity index is 1120. The van der Waals surface area contributed by atoms with Crippen LogP contribution in [0.25, 0.3) is 16.8 Å². The summed E-state index contributed by atoms with van der Waals surface area (Å²) in [6.45, 7) is 4.13. The van der Waals surface area contributed by atoms with E-state index in [0.29, 0.717) is 12.8 Å². The molecule has 1 aliphatic rings. The van der Waals surface area contributed by atoms with Crippen molar-refractivity contribution in [1.29, 1.82) is 0 Å². The van der Waals surface area contributed by atoms with Gasteiger partial charge in [-0.2, -0.15) is 0 Å². The quantitative estimate of drug-likeness (QED) is 0.679. The fraction of sp³-hybridized carbons (Fsp3) is 0.429. The summed E-state index contributed by atoms with van der Waals surface area (Å²) in [5.74, 6) is 1.13. The molecule has 29 heavy (non-hydrogen) atoms. The molecule has 0 saturated heterocycles. The first kappa shape index (κ1) is 20.0. The lowest BCUT2D eigenvalue weighted by Gasteiger charge is -2.30. The van der Waals surface area contributed by atoms with E-state index in [9.17, 15) is 13.5 Å². The third-order valence-corrected chi connectivity index (χ3v) is 7.96. The van der Waals surface area contributed by atoms with Crippen LogP contribution in [0.1, 0.15) is 44.9 Å². The third kappa shape index (κ3) is 3.68. The number of aliphatic hydroxyl groups excluding tert-OH is 1. The second-order valence-corrected chi connectivity index (χ2v) is 10.3. The third-order valence-electron chi connectivity index (χ3n) is 5.72. The fourth-order valence-electron chi connectivity index (χ4n) is 3.92. The van der Waals surface area contributed by atoms with Gasteiger partial charge in [-0.05, 0) is 54.7 Å². The van der Waals surface area contributed by atoms with Gasteiger partial charge in [0.1, 0.15) is 5.82 Å². The van der Waals surface area contributed by atoms with E-state index in [1.54, 1.807) is 12.1 Å². The van der Waals surface area contributed by atoms with E-state index >= 15 is 0 Å². The predicted octanol–water partition coefficient (Wildman–Crippen LogP) is 2.53. The maximum absolute atomic E-state index is 13.0. The first-order valence-electron chi connectivity index (χ1n) is 9.90. The van der Waals surface area contributed by atoms with Gasteiger partial charge in [-0.3, -0.25) is 4.40 Å². The number of aromatic nitrogens is 3. The van der Waals surface area contributed by atoms with Crippen molar-refractivity contribution in [3.8, 4) is 11.1 Å². The minimum Gasteiger partial charge on any atom is -0.391 e. The van der Waals surface area contributed by atoms with Crippen molar-refractivity contribution in [3.05, 3.63) is 48.4 Å². The molecule has 0 bridgehead atoms. The van der Waals surface area contributed by atoms with Crippen LogP contribution in [-0.4, -0.2) is 45.5 Å². The zero-order valence-electron chi connectivity index (χ0n) is 16.6. The summed E-state index contributed by atoms with van der Waals surface area (Å²) in [7, 11) is -3.50. The number of nitrogens with zero attached hydrogens (tertiary/aromatic N) is 3. The summed E-state index contributed by atoms with van der Waals surface area (Å²) in [4.78, 5) is 0.280. The number of nitrogens with two attached hydrogens (primary N) is 1. The van der Waals surface area contributed by atoms with Crippen LogP contribution in [-0.2, 0) is 9.84 Å². The molecule has 0 amide bonds. The Labute approximate surface area is 170 Å². The molecule has 154 valence electrons. The second-order valence-electron chi connectivity index (χ2n) is 8.09. The lowest BCUT2D eigenvalue weighted by atomic mass is 9.93. The van der Waals surface area contributed by atoms with Gasteiger partial charge < -0.3 is 10.8 Å². The minimum absolute atomic E-state index is 0.188. The molecule has 1 aromatic carbocycles. The van der Waals surface area contributed by atoms with Crippen molar-refractivity contribution in [3.63, 3.8) is 0 Å². The van der Waals surface area contributed by atoms with Crippen LogP contribution in [0.2, 0.25) is 0 Å². The van der Waals surface area contributed by atoms with E-state index in [1.165, 1.54) is 0 Å². The molecule has 1 fully saturated rings. The number of benzene rings is 1. The summed E-state index contributed by atoms with van der Waals surface area (Å²) >= 11 is 0. The minimum atomic E-state index is -3.50. The number of hydrogen-bond acceptors (Lipinski definition) is 6. The highest BCUT2D eigenvalue weighted by Crippen LogP contribution is 2.30. The van der Waals surface area contributed by atoms with E-state index in [2.05, 4.69) is 24.0 Å². The van der Waals surface area contributed by atoms with Gasteiger partial charge >= 0.3 is 0 Å². The Hall–Kier alpha value is -2.29. The molecule has 8 heteroatoms. The topological polar surface area (TPSA) is 111 Å². The van der Waals surface area contributed by atoms with E-state index in [0.717, 1.165) is 22.6 Å². The second kappa shape index (κ2) is 7.51. The van der Waals surface area contributed by atoms with Gasteiger partial charge in [-0.1, -0.05) is 26.0 Å². The van der Waals surface area contributed by atoms with Gasteiger partial charge in [0.05, 0.1) is 16.2 Å². The molecule has 0 unspecified atom stereocenters. The monoisotopic (exact) mass is 414 g/mol. The van der Waals surface area contributed by atoms with Gasteiger partial charge in [-0.15, -0.1) is 10.2 Å². The largest absolute Gasteiger partial charge is 0.391 e. The summed E-state index contributed by atoms with van der Waals surface area (Å²) in [6.07, 6.45) is 2.39. The molecule has 1 saturated carbocycles. The zero-order valence-corrected chi connectivity index (χ0v) is 17.4. The molecule has 0 radical (unpaired) electrons. The van der Waals surface area contributed by atoms with Crippen LogP contribution in [0, 0.1) is 0 Å². The van der Waals surface area contributed by atoms with Crippen LogP contribution >= 0.6 is 0 Å². The summed E-state index contributed by atoms with van der Waals surface area (Å²) in [6, 6.07) is 10.4. The molecule has 1 aliphatic carbocycles. The molecule has 0 aliphatic heterocycles. The highest BCUT2D eigenvalue weighted by Gasteiger charge is 2.35. The van der Waals surface area contributed by atoms with Crippen molar-refractivity contribution in [1.82, 2.24) is 14.6 Å². The fourth-order valence-corrected chi connectivity index (χ4v) is 5.71. The van der Waals surface area contributed by atoms with Crippen LogP contribution in [0.3, 0.4) is 0 Å². The average Bonchev–Trinajstić information content (AvgIpc) is 3.13.